The van der Waals surface area contributed by atoms with Gasteiger partial charge < -0.3 is 4.55 Å². The third-order valence-electron chi connectivity index (χ3n) is 0. The third kappa shape index (κ3) is 8.82. The number of rotatable bonds is 0. The zero-order valence-corrected chi connectivity index (χ0v) is 8.29. The zero-order chi connectivity index (χ0) is 2.71. The SMILES string of the molecule is [K+].[O-]SI. The van der Waals surface area contributed by atoms with Crippen LogP contribution in [-0.2, 0) is 0 Å². The summed E-state index contributed by atoms with van der Waals surface area (Å²) >= 11 is 1.65. The maximum absolute atomic E-state index is 8.83. The van der Waals surface area contributed by atoms with E-state index in [4.69, 9.17) is 4.55 Å². The Hall–Kier alpha value is 2.68. The predicted octanol–water partition coefficient (Wildman–Crippen LogP) is -1.80. The molecule has 0 atom stereocenters. The van der Waals surface area contributed by atoms with E-state index in [-0.39, 0.29) is 51.4 Å². The van der Waals surface area contributed by atoms with E-state index in [0.717, 1.165) is 0 Å². The fourth-order valence-corrected chi connectivity index (χ4v) is 0. The summed E-state index contributed by atoms with van der Waals surface area (Å²) < 4.78 is 8.83. The van der Waals surface area contributed by atoms with Crippen LogP contribution in [-0.4, -0.2) is 4.55 Å². The van der Waals surface area contributed by atoms with E-state index in [1.807, 2.05) is 0 Å². The van der Waals surface area contributed by atoms with Crippen LogP contribution in [0.25, 0.3) is 0 Å². The minimum absolute atomic E-state index is 0. The van der Waals surface area contributed by atoms with Crippen LogP contribution in [0.5, 0.6) is 0 Å². The van der Waals surface area contributed by atoms with Crippen LogP contribution >= 0.6 is 30.4 Å². The Kier molecular flexibility index (Phi) is 22.6. The van der Waals surface area contributed by atoms with Crippen LogP contribution < -0.4 is 51.4 Å². The molecule has 0 bridgehead atoms. The van der Waals surface area contributed by atoms with Gasteiger partial charge in [0.05, 0.1) is 0 Å². The van der Waals surface area contributed by atoms with Crippen LogP contribution in [0.3, 0.4) is 0 Å². The molecule has 0 amide bonds. The van der Waals surface area contributed by atoms with Gasteiger partial charge in [0.25, 0.3) is 0 Å². The Morgan fingerprint density at radius 1 is 1.75 bits per heavy atom. The summed E-state index contributed by atoms with van der Waals surface area (Å²) in [7, 11) is 0.470. The molecule has 0 aromatic carbocycles. The first-order valence-electron chi connectivity index (χ1n) is 0.321. The second-order valence-electron chi connectivity index (χ2n) is 0.0630. The molecule has 4 heteroatoms. The van der Waals surface area contributed by atoms with Crippen LogP contribution in [0.1, 0.15) is 0 Å². The van der Waals surface area contributed by atoms with Gasteiger partial charge in [0.1, 0.15) is 0 Å². The standard InChI is InChI=1S/HIOS.K/c1-3-2;/h2H;/q;+1/p-1. The van der Waals surface area contributed by atoms with Gasteiger partial charge in [-0.05, 0) is 21.2 Å². The smallest absolute Gasteiger partial charge is 0.791 e. The molecule has 0 aliphatic carbocycles. The summed E-state index contributed by atoms with van der Waals surface area (Å²) in [6.07, 6.45) is 0. The van der Waals surface area contributed by atoms with Gasteiger partial charge in [0, 0.05) is 0 Å². The van der Waals surface area contributed by atoms with Crippen molar-refractivity contribution in [3.63, 3.8) is 0 Å². The summed E-state index contributed by atoms with van der Waals surface area (Å²) in [5, 5.41) is 0. The Balaban J connectivity index is 0. The molecule has 1 nitrogen and oxygen atoms in total. The van der Waals surface area contributed by atoms with E-state index < -0.39 is 0 Å². The second kappa shape index (κ2) is 9.18. The van der Waals surface area contributed by atoms with E-state index >= 15 is 0 Å². The summed E-state index contributed by atoms with van der Waals surface area (Å²) in [5.74, 6) is 0. The van der Waals surface area contributed by atoms with Gasteiger partial charge in [0.15, 0.2) is 0 Å². The Labute approximate surface area is 84.1 Å². The molecule has 4 heavy (non-hydrogen) atoms. The van der Waals surface area contributed by atoms with E-state index in [9.17, 15) is 0 Å². The van der Waals surface area contributed by atoms with Gasteiger partial charge in [-0.15, -0.1) is 0 Å². The first-order chi connectivity index (χ1) is 1.41. The van der Waals surface area contributed by atoms with Gasteiger partial charge in [-0.1, -0.05) is 0 Å². The molecule has 0 saturated carbocycles. The second-order valence-corrected chi connectivity index (χ2v) is 1.27. The van der Waals surface area contributed by atoms with Gasteiger partial charge >= 0.3 is 51.4 Å². The van der Waals surface area contributed by atoms with Crippen molar-refractivity contribution in [2.24, 2.45) is 0 Å². The zero-order valence-electron chi connectivity index (χ0n) is 2.19. The van der Waals surface area contributed by atoms with Crippen molar-refractivity contribution in [3.8, 4) is 0 Å². The molecule has 0 saturated heterocycles. The molecule has 0 fully saturated rings. The van der Waals surface area contributed by atoms with Crippen molar-refractivity contribution < 1.29 is 55.9 Å². The molecule has 0 heterocycles. The fourth-order valence-electron chi connectivity index (χ4n) is 0. The van der Waals surface area contributed by atoms with Crippen molar-refractivity contribution in [2.45, 2.75) is 0 Å². The number of hydrogen-bond acceptors (Lipinski definition) is 2. The molecule has 0 N–H and O–H groups in total. The molecule has 0 rings (SSSR count). The summed E-state index contributed by atoms with van der Waals surface area (Å²) in [6, 6.07) is 0. The molecule has 0 aromatic rings. The van der Waals surface area contributed by atoms with E-state index in [1.165, 1.54) is 0 Å². The van der Waals surface area contributed by atoms with Gasteiger partial charge in [-0.3, -0.25) is 0 Å². The van der Waals surface area contributed by atoms with Crippen molar-refractivity contribution >= 4 is 30.4 Å². The summed E-state index contributed by atoms with van der Waals surface area (Å²) in [6.45, 7) is 0. The predicted molar refractivity (Wildman–Crippen MR) is 22.4 cm³/mol. The van der Waals surface area contributed by atoms with Crippen LogP contribution in [0.4, 0.5) is 0 Å². The largest absolute Gasteiger partial charge is 1.00 e. The average molecular weight is 214 g/mol. The molecule has 20 valence electrons. The molecule has 0 spiro atoms. The molecular weight excluding hydrogens is 214 g/mol. The average Bonchev–Trinajstić information content (AvgIpc) is 0.918. The van der Waals surface area contributed by atoms with Crippen molar-refractivity contribution in [3.05, 3.63) is 0 Å². The van der Waals surface area contributed by atoms with Crippen LogP contribution in [0.2, 0.25) is 0 Å². The van der Waals surface area contributed by atoms with Gasteiger partial charge in [-0.25, -0.2) is 0 Å². The molecule has 0 aliphatic heterocycles. The van der Waals surface area contributed by atoms with Crippen molar-refractivity contribution in [1.29, 1.82) is 0 Å². The normalized spacial score (nSPS) is 4.50. The Morgan fingerprint density at radius 3 is 1.75 bits per heavy atom. The summed E-state index contributed by atoms with van der Waals surface area (Å²) in [4.78, 5) is 0. The first-order valence-corrected chi connectivity index (χ1v) is 3.61. The van der Waals surface area contributed by atoms with Crippen LogP contribution in [0, 0.1) is 0 Å². The van der Waals surface area contributed by atoms with Crippen molar-refractivity contribution in [2.75, 3.05) is 0 Å². The maximum Gasteiger partial charge on any atom is 1.00 e. The van der Waals surface area contributed by atoms with E-state index in [0.29, 0.717) is 9.21 Å². The Bertz CT molecular complexity index is 8.00. The topological polar surface area (TPSA) is 23.1 Å². The number of halogens is 1. The third-order valence-corrected chi connectivity index (χ3v) is 0. The molecule has 0 radical (unpaired) electrons. The molecule has 0 aliphatic rings. The summed E-state index contributed by atoms with van der Waals surface area (Å²) in [5.41, 5.74) is 0. The Morgan fingerprint density at radius 2 is 1.75 bits per heavy atom. The van der Waals surface area contributed by atoms with E-state index in [1.54, 1.807) is 21.2 Å². The quantitative estimate of drug-likeness (QED) is 0.270. The maximum atomic E-state index is 8.83. The van der Waals surface area contributed by atoms with Gasteiger partial charge in [-0.2, -0.15) is 9.21 Å². The monoisotopic (exact) mass is 214 g/mol. The fraction of sp³-hybridized carbons (Fsp3) is 0. The minimum atomic E-state index is 0. The van der Waals surface area contributed by atoms with E-state index in [2.05, 4.69) is 0 Å². The first kappa shape index (κ1) is 9.84. The molecule has 0 aromatic heterocycles. The number of hydrogen-bond donors (Lipinski definition) is 0. The van der Waals surface area contributed by atoms with Gasteiger partial charge in [0.2, 0.25) is 0 Å². The minimum Gasteiger partial charge on any atom is -0.791 e. The molecular formula is IKOS. The molecule has 0 unspecified atom stereocenters. The van der Waals surface area contributed by atoms with Crippen molar-refractivity contribution in [1.82, 2.24) is 0 Å². The van der Waals surface area contributed by atoms with Crippen LogP contribution in [0.15, 0.2) is 0 Å².